The smallest absolute Gasteiger partial charge is 0.171 e. The van der Waals surface area contributed by atoms with Crippen LogP contribution in [0, 0.1) is 0 Å². The number of nitrogens with two attached hydrogens (primary N) is 1. The summed E-state index contributed by atoms with van der Waals surface area (Å²) in [6, 6.07) is 0. The van der Waals surface area contributed by atoms with Gasteiger partial charge in [-0.2, -0.15) is 0 Å². The van der Waals surface area contributed by atoms with E-state index in [1.54, 1.807) is 12.4 Å². The first kappa shape index (κ1) is 12.1. The van der Waals surface area contributed by atoms with E-state index in [0.29, 0.717) is 12.4 Å². The highest BCUT2D eigenvalue weighted by Crippen LogP contribution is 2.22. The molecule has 0 saturated carbocycles. The maximum Gasteiger partial charge on any atom is 0.171 e. The molecule has 6 heteroatoms. The number of aliphatic hydroxyl groups excluding tert-OH is 1. The fraction of sp³-hybridized carbons (Fsp3) is 0.636. The average molecular weight is 238 g/mol. The second-order valence-corrected chi connectivity index (χ2v) is 4.05. The van der Waals surface area contributed by atoms with Crippen LogP contribution in [0.4, 0.5) is 11.6 Å². The molecule has 0 radical (unpaired) electrons. The first-order chi connectivity index (χ1) is 8.31. The van der Waals surface area contributed by atoms with E-state index in [-0.39, 0.29) is 12.7 Å². The first-order valence-electron chi connectivity index (χ1n) is 5.85. The van der Waals surface area contributed by atoms with Gasteiger partial charge < -0.3 is 20.5 Å². The number of aromatic nitrogens is 2. The molecule has 0 amide bonds. The molecule has 1 aliphatic heterocycles. The number of nitrogens with zero attached hydrogens (tertiary/aromatic N) is 3. The van der Waals surface area contributed by atoms with E-state index in [1.165, 1.54) is 0 Å². The molecule has 0 aromatic carbocycles. The second kappa shape index (κ2) is 5.79. The van der Waals surface area contributed by atoms with Gasteiger partial charge in [0.1, 0.15) is 0 Å². The van der Waals surface area contributed by atoms with Gasteiger partial charge in [0.2, 0.25) is 0 Å². The third kappa shape index (κ3) is 3.04. The summed E-state index contributed by atoms with van der Waals surface area (Å²) in [4.78, 5) is 10.4. The molecule has 94 valence electrons. The van der Waals surface area contributed by atoms with Crippen molar-refractivity contribution in [1.29, 1.82) is 0 Å². The maximum absolute atomic E-state index is 8.69. The van der Waals surface area contributed by atoms with Crippen molar-refractivity contribution in [2.45, 2.75) is 18.9 Å². The lowest BCUT2D eigenvalue weighted by molar-refractivity contribution is 0.0158. The number of nitrogen functional groups attached to an aromatic ring is 1. The third-order valence-corrected chi connectivity index (χ3v) is 2.89. The second-order valence-electron chi connectivity index (χ2n) is 4.05. The number of hydrogen-bond acceptors (Lipinski definition) is 6. The molecule has 1 aliphatic rings. The summed E-state index contributed by atoms with van der Waals surface area (Å²) in [6.07, 6.45) is 5.33. The number of hydrogen-bond donors (Lipinski definition) is 2. The normalized spacial score (nSPS) is 17.4. The summed E-state index contributed by atoms with van der Waals surface area (Å²) < 4.78 is 5.50. The van der Waals surface area contributed by atoms with Crippen LogP contribution in [0.3, 0.4) is 0 Å². The Morgan fingerprint density at radius 1 is 1.35 bits per heavy atom. The van der Waals surface area contributed by atoms with Gasteiger partial charge in [-0.15, -0.1) is 0 Å². The SMILES string of the molecule is Nc1nccnc1N1CCC(OCCO)CC1. The molecule has 0 spiro atoms. The van der Waals surface area contributed by atoms with Crippen molar-refractivity contribution in [1.82, 2.24) is 9.97 Å². The summed E-state index contributed by atoms with van der Waals surface area (Å²) in [7, 11) is 0. The van der Waals surface area contributed by atoms with Crippen LogP contribution < -0.4 is 10.6 Å². The van der Waals surface area contributed by atoms with E-state index in [4.69, 9.17) is 15.6 Å². The Hall–Kier alpha value is -1.40. The van der Waals surface area contributed by atoms with Gasteiger partial charge in [0.05, 0.1) is 19.3 Å². The van der Waals surface area contributed by atoms with E-state index in [2.05, 4.69) is 14.9 Å². The van der Waals surface area contributed by atoms with Gasteiger partial charge in [-0.05, 0) is 12.8 Å². The lowest BCUT2D eigenvalue weighted by atomic mass is 10.1. The number of anilines is 2. The van der Waals surface area contributed by atoms with E-state index in [9.17, 15) is 0 Å². The average Bonchev–Trinajstić information content (AvgIpc) is 2.38. The number of ether oxygens (including phenoxy) is 1. The van der Waals surface area contributed by atoms with Gasteiger partial charge >= 0.3 is 0 Å². The number of piperidine rings is 1. The minimum atomic E-state index is 0.0807. The lowest BCUT2D eigenvalue weighted by Gasteiger charge is -2.32. The van der Waals surface area contributed by atoms with Crippen molar-refractivity contribution < 1.29 is 9.84 Å². The van der Waals surface area contributed by atoms with Crippen molar-refractivity contribution in [3.8, 4) is 0 Å². The van der Waals surface area contributed by atoms with E-state index in [1.807, 2.05) is 0 Å². The summed E-state index contributed by atoms with van der Waals surface area (Å²) in [5.41, 5.74) is 5.79. The minimum Gasteiger partial charge on any atom is -0.394 e. The maximum atomic E-state index is 8.69. The van der Waals surface area contributed by atoms with Crippen molar-refractivity contribution in [3.63, 3.8) is 0 Å². The Bertz CT molecular complexity index is 353. The van der Waals surface area contributed by atoms with Crippen LogP contribution in [-0.2, 0) is 4.74 Å². The van der Waals surface area contributed by atoms with Crippen LogP contribution in [0.1, 0.15) is 12.8 Å². The number of rotatable bonds is 4. The highest BCUT2D eigenvalue weighted by molar-refractivity contribution is 5.57. The van der Waals surface area contributed by atoms with Crippen molar-refractivity contribution in [2.24, 2.45) is 0 Å². The van der Waals surface area contributed by atoms with Gasteiger partial charge in [0.25, 0.3) is 0 Å². The monoisotopic (exact) mass is 238 g/mol. The number of aliphatic hydroxyl groups is 1. The summed E-state index contributed by atoms with van der Waals surface area (Å²) >= 11 is 0. The largest absolute Gasteiger partial charge is 0.394 e. The van der Waals surface area contributed by atoms with Crippen LogP contribution >= 0.6 is 0 Å². The zero-order valence-electron chi connectivity index (χ0n) is 9.75. The standard InChI is InChI=1S/C11H18N4O2/c12-10-11(14-4-3-13-10)15-5-1-9(2-6-15)17-8-7-16/h3-4,9,16H,1-2,5-8H2,(H2,12,13). The summed E-state index contributed by atoms with van der Waals surface area (Å²) in [5, 5.41) is 8.69. The van der Waals surface area contributed by atoms with Gasteiger partial charge in [0.15, 0.2) is 11.6 Å². The molecule has 3 N–H and O–H groups in total. The predicted molar refractivity (Wildman–Crippen MR) is 64.7 cm³/mol. The third-order valence-electron chi connectivity index (χ3n) is 2.89. The topological polar surface area (TPSA) is 84.5 Å². The van der Waals surface area contributed by atoms with Crippen LogP contribution in [0.2, 0.25) is 0 Å². The van der Waals surface area contributed by atoms with Gasteiger partial charge in [-0.25, -0.2) is 9.97 Å². The van der Waals surface area contributed by atoms with Crippen LogP contribution in [-0.4, -0.2) is 47.5 Å². The molecule has 2 rings (SSSR count). The Labute approximate surface area is 100 Å². The molecule has 1 aromatic heterocycles. The highest BCUT2D eigenvalue weighted by Gasteiger charge is 2.21. The summed E-state index contributed by atoms with van der Waals surface area (Å²) in [6.45, 7) is 2.22. The van der Waals surface area contributed by atoms with E-state index >= 15 is 0 Å². The highest BCUT2D eigenvalue weighted by atomic mass is 16.5. The Balaban J connectivity index is 1.89. The molecule has 0 aliphatic carbocycles. The van der Waals surface area contributed by atoms with E-state index in [0.717, 1.165) is 31.7 Å². The quantitative estimate of drug-likeness (QED) is 0.770. The fourth-order valence-electron chi connectivity index (χ4n) is 2.04. The fourth-order valence-corrected chi connectivity index (χ4v) is 2.04. The Kier molecular flexibility index (Phi) is 4.11. The molecular formula is C11H18N4O2. The molecule has 0 unspecified atom stereocenters. The molecular weight excluding hydrogens is 220 g/mol. The Morgan fingerprint density at radius 3 is 2.71 bits per heavy atom. The predicted octanol–water partition coefficient (Wildman–Crippen LogP) is 0.0365. The van der Waals surface area contributed by atoms with Crippen molar-refractivity contribution in [2.75, 3.05) is 36.9 Å². The summed E-state index contributed by atoms with van der Waals surface area (Å²) in [5.74, 6) is 1.23. The first-order valence-corrected chi connectivity index (χ1v) is 5.85. The molecule has 1 fully saturated rings. The van der Waals surface area contributed by atoms with Gasteiger partial charge in [-0.1, -0.05) is 0 Å². The van der Waals surface area contributed by atoms with Crippen molar-refractivity contribution >= 4 is 11.6 Å². The molecule has 6 nitrogen and oxygen atoms in total. The lowest BCUT2D eigenvalue weighted by Crippen LogP contribution is -2.38. The zero-order chi connectivity index (χ0) is 12.1. The van der Waals surface area contributed by atoms with Gasteiger partial charge in [0, 0.05) is 25.5 Å². The molecule has 0 atom stereocenters. The molecule has 0 bridgehead atoms. The molecule has 2 heterocycles. The molecule has 1 saturated heterocycles. The molecule has 17 heavy (non-hydrogen) atoms. The molecule has 1 aromatic rings. The van der Waals surface area contributed by atoms with Crippen LogP contribution in [0.25, 0.3) is 0 Å². The minimum absolute atomic E-state index is 0.0807. The van der Waals surface area contributed by atoms with Crippen molar-refractivity contribution in [3.05, 3.63) is 12.4 Å². The Morgan fingerprint density at radius 2 is 2.06 bits per heavy atom. The van der Waals surface area contributed by atoms with Crippen LogP contribution in [0.15, 0.2) is 12.4 Å². The van der Waals surface area contributed by atoms with Gasteiger partial charge in [-0.3, -0.25) is 0 Å². The zero-order valence-corrected chi connectivity index (χ0v) is 9.75. The van der Waals surface area contributed by atoms with E-state index < -0.39 is 0 Å². The van der Waals surface area contributed by atoms with Crippen LogP contribution in [0.5, 0.6) is 0 Å².